The first-order valence-electron chi connectivity index (χ1n) is 6.94. The summed E-state index contributed by atoms with van der Waals surface area (Å²) < 4.78 is 10.9. The maximum atomic E-state index is 12.0. The van der Waals surface area contributed by atoms with E-state index in [1.165, 1.54) is 0 Å². The van der Waals surface area contributed by atoms with Gasteiger partial charge in [-0.05, 0) is 56.4 Å². The Labute approximate surface area is 119 Å². The van der Waals surface area contributed by atoms with Crippen LogP contribution >= 0.6 is 0 Å². The van der Waals surface area contributed by atoms with Gasteiger partial charge in [-0.25, -0.2) is 4.79 Å². The number of carbonyl (C=O) groups excluding carboxylic acids is 1. The standard InChI is InChI=1S/C16H21NO3/c1-11(2)10-19-15-8-7-12(9-14(15)17)16(18)20-13-5-3-4-6-13/h7-9,13H,1,3-6,10,17H2,2H3. The molecule has 0 saturated heterocycles. The summed E-state index contributed by atoms with van der Waals surface area (Å²) in [6.45, 7) is 6.05. The van der Waals surface area contributed by atoms with Crippen molar-refractivity contribution in [1.82, 2.24) is 0 Å². The summed E-state index contributed by atoms with van der Waals surface area (Å²) in [7, 11) is 0. The normalized spacial score (nSPS) is 15.1. The molecule has 1 fully saturated rings. The minimum Gasteiger partial charge on any atom is -0.487 e. The van der Waals surface area contributed by atoms with Crippen LogP contribution in [0.3, 0.4) is 0 Å². The number of hydrogen-bond donors (Lipinski definition) is 1. The Morgan fingerprint density at radius 3 is 2.70 bits per heavy atom. The van der Waals surface area contributed by atoms with Gasteiger partial charge in [-0.15, -0.1) is 0 Å². The van der Waals surface area contributed by atoms with Crippen LogP contribution in [-0.4, -0.2) is 18.7 Å². The van der Waals surface area contributed by atoms with Crippen LogP contribution in [0.15, 0.2) is 30.4 Å². The molecule has 0 radical (unpaired) electrons. The van der Waals surface area contributed by atoms with Crippen molar-refractivity contribution >= 4 is 11.7 Å². The van der Waals surface area contributed by atoms with E-state index in [1.54, 1.807) is 18.2 Å². The number of hydrogen-bond acceptors (Lipinski definition) is 4. The molecule has 0 aliphatic heterocycles. The molecule has 0 atom stereocenters. The van der Waals surface area contributed by atoms with Crippen molar-refractivity contribution in [3.63, 3.8) is 0 Å². The van der Waals surface area contributed by atoms with Gasteiger partial charge in [-0.2, -0.15) is 0 Å². The van der Waals surface area contributed by atoms with Crippen LogP contribution in [-0.2, 0) is 4.74 Å². The van der Waals surface area contributed by atoms with Crippen molar-refractivity contribution < 1.29 is 14.3 Å². The molecule has 4 heteroatoms. The molecule has 0 spiro atoms. The van der Waals surface area contributed by atoms with Crippen LogP contribution in [0.2, 0.25) is 0 Å². The number of esters is 1. The first kappa shape index (κ1) is 14.4. The number of anilines is 1. The van der Waals surface area contributed by atoms with Gasteiger partial charge in [0.2, 0.25) is 0 Å². The fourth-order valence-electron chi connectivity index (χ4n) is 2.23. The summed E-state index contributed by atoms with van der Waals surface area (Å²) in [4.78, 5) is 12.0. The molecule has 4 nitrogen and oxygen atoms in total. The molecule has 1 saturated carbocycles. The third-order valence-corrected chi connectivity index (χ3v) is 3.30. The lowest BCUT2D eigenvalue weighted by Gasteiger charge is -2.13. The van der Waals surface area contributed by atoms with Gasteiger partial charge in [0.15, 0.2) is 0 Å². The summed E-state index contributed by atoms with van der Waals surface area (Å²) in [6.07, 6.45) is 4.24. The molecule has 2 N–H and O–H groups in total. The highest BCUT2D eigenvalue weighted by Crippen LogP contribution is 2.25. The molecule has 1 aliphatic carbocycles. The highest BCUT2D eigenvalue weighted by atomic mass is 16.5. The maximum Gasteiger partial charge on any atom is 0.338 e. The Balaban J connectivity index is 2.00. The summed E-state index contributed by atoms with van der Waals surface area (Å²) in [6, 6.07) is 4.98. The van der Waals surface area contributed by atoms with Gasteiger partial charge in [0.1, 0.15) is 18.5 Å². The molecular weight excluding hydrogens is 254 g/mol. The van der Waals surface area contributed by atoms with Crippen molar-refractivity contribution in [2.75, 3.05) is 12.3 Å². The second-order valence-electron chi connectivity index (χ2n) is 5.31. The summed E-state index contributed by atoms with van der Waals surface area (Å²) >= 11 is 0. The highest BCUT2D eigenvalue weighted by molar-refractivity contribution is 5.91. The first-order chi connectivity index (χ1) is 9.56. The minimum absolute atomic E-state index is 0.0584. The van der Waals surface area contributed by atoms with Crippen LogP contribution in [0, 0.1) is 0 Å². The average Bonchev–Trinajstić information content (AvgIpc) is 2.89. The Hall–Kier alpha value is -1.97. The molecular formula is C16H21NO3. The van der Waals surface area contributed by atoms with E-state index in [0.29, 0.717) is 23.6 Å². The van der Waals surface area contributed by atoms with Gasteiger partial charge in [0.25, 0.3) is 0 Å². The molecule has 1 aromatic carbocycles. The lowest BCUT2D eigenvalue weighted by molar-refractivity contribution is 0.0318. The van der Waals surface area contributed by atoms with Gasteiger partial charge in [0, 0.05) is 0 Å². The second-order valence-corrected chi connectivity index (χ2v) is 5.31. The number of carbonyl (C=O) groups is 1. The quantitative estimate of drug-likeness (QED) is 0.508. The van der Waals surface area contributed by atoms with Crippen molar-refractivity contribution in [2.24, 2.45) is 0 Å². The summed E-state index contributed by atoms with van der Waals surface area (Å²) in [5, 5.41) is 0. The molecule has 0 unspecified atom stereocenters. The average molecular weight is 275 g/mol. The molecule has 1 aromatic rings. The molecule has 20 heavy (non-hydrogen) atoms. The fraction of sp³-hybridized carbons (Fsp3) is 0.438. The van der Waals surface area contributed by atoms with Gasteiger partial charge in [-0.3, -0.25) is 0 Å². The zero-order chi connectivity index (χ0) is 14.5. The van der Waals surface area contributed by atoms with E-state index in [0.717, 1.165) is 31.3 Å². The molecule has 0 amide bonds. The molecule has 0 aromatic heterocycles. The van der Waals surface area contributed by atoms with E-state index in [9.17, 15) is 4.79 Å². The van der Waals surface area contributed by atoms with E-state index in [1.807, 2.05) is 6.92 Å². The third kappa shape index (κ3) is 3.76. The predicted molar refractivity (Wildman–Crippen MR) is 78.8 cm³/mol. The van der Waals surface area contributed by atoms with Crippen molar-refractivity contribution in [3.8, 4) is 5.75 Å². The van der Waals surface area contributed by atoms with E-state index < -0.39 is 0 Å². The largest absolute Gasteiger partial charge is 0.487 e. The number of nitrogen functional groups attached to an aromatic ring is 1. The highest BCUT2D eigenvalue weighted by Gasteiger charge is 2.20. The first-order valence-corrected chi connectivity index (χ1v) is 6.94. The smallest absolute Gasteiger partial charge is 0.338 e. The Kier molecular flexibility index (Phi) is 4.66. The van der Waals surface area contributed by atoms with Crippen LogP contribution in [0.4, 0.5) is 5.69 Å². The van der Waals surface area contributed by atoms with E-state index in [-0.39, 0.29) is 12.1 Å². The fourth-order valence-corrected chi connectivity index (χ4v) is 2.23. The van der Waals surface area contributed by atoms with Gasteiger partial charge >= 0.3 is 5.97 Å². The van der Waals surface area contributed by atoms with E-state index in [2.05, 4.69) is 6.58 Å². The predicted octanol–water partition coefficient (Wildman–Crippen LogP) is 3.32. The molecule has 108 valence electrons. The number of benzene rings is 1. The molecule has 0 heterocycles. The van der Waals surface area contributed by atoms with Crippen LogP contribution < -0.4 is 10.5 Å². The Morgan fingerprint density at radius 2 is 2.10 bits per heavy atom. The van der Waals surface area contributed by atoms with Crippen LogP contribution in [0.5, 0.6) is 5.75 Å². The lowest BCUT2D eigenvalue weighted by Crippen LogP contribution is -2.15. The minimum atomic E-state index is -0.310. The van der Waals surface area contributed by atoms with E-state index in [4.69, 9.17) is 15.2 Å². The van der Waals surface area contributed by atoms with Gasteiger partial charge in [-0.1, -0.05) is 6.58 Å². The number of nitrogens with two attached hydrogens (primary N) is 1. The molecule has 1 aliphatic rings. The summed E-state index contributed by atoms with van der Waals surface area (Å²) in [5.41, 5.74) is 7.71. The monoisotopic (exact) mass is 275 g/mol. The van der Waals surface area contributed by atoms with Crippen LogP contribution in [0.25, 0.3) is 0 Å². The Morgan fingerprint density at radius 1 is 1.40 bits per heavy atom. The maximum absolute atomic E-state index is 12.0. The summed E-state index contributed by atoms with van der Waals surface area (Å²) in [5.74, 6) is 0.250. The molecule has 0 bridgehead atoms. The van der Waals surface area contributed by atoms with E-state index >= 15 is 0 Å². The molecule has 2 rings (SSSR count). The van der Waals surface area contributed by atoms with Crippen molar-refractivity contribution in [3.05, 3.63) is 35.9 Å². The number of ether oxygens (including phenoxy) is 2. The van der Waals surface area contributed by atoms with Gasteiger partial charge < -0.3 is 15.2 Å². The Bertz CT molecular complexity index is 504. The second kappa shape index (κ2) is 6.46. The zero-order valence-electron chi connectivity index (χ0n) is 11.9. The SMILES string of the molecule is C=C(C)COc1ccc(C(=O)OC2CCCC2)cc1N. The number of rotatable bonds is 5. The van der Waals surface area contributed by atoms with Gasteiger partial charge in [0.05, 0.1) is 11.3 Å². The van der Waals surface area contributed by atoms with Crippen LogP contribution in [0.1, 0.15) is 43.0 Å². The zero-order valence-corrected chi connectivity index (χ0v) is 11.9. The van der Waals surface area contributed by atoms with Crippen molar-refractivity contribution in [2.45, 2.75) is 38.7 Å². The lowest BCUT2D eigenvalue weighted by atomic mass is 10.2. The topological polar surface area (TPSA) is 61.5 Å². The van der Waals surface area contributed by atoms with Crippen molar-refractivity contribution in [1.29, 1.82) is 0 Å². The third-order valence-electron chi connectivity index (χ3n) is 3.30.